The van der Waals surface area contributed by atoms with Gasteiger partial charge in [0, 0.05) is 23.7 Å². The minimum atomic E-state index is -0.287. The number of furan rings is 1. The van der Waals surface area contributed by atoms with Crippen LogP contribution in [0.15, 0.2) is 46.2 Å². The molecule has 118 valence electrons. The van der Waals surface area contributed by atoms with Crippen LogP contribution in [0.2, 0.25) is 0 Å². The molecule has 1 amide bonds. The average Bonchev–Trinajstić information content (AvgIpc) is 3.18. The summed E-state index contributed by atoms with van der Waals surface area (Å²) in [5.41, 5.74) is 2.67. The zero-order valence-corrected chi connectivity index (χ0v) is 13.6. The Labute approximate surface area is 137 Å². The summed E-state index contributed by atoms with van der Waals surface area (Å²) in [6.45, 7) is 2.32. The van der Waals surface area contributed by atoms with E-state index >= 15 is 0 Å². The lowest BCUT2D eigenvalue weighted by Gasteiger charge is -2.04. The number of rotatable bonds is 5. The van der Waals surface area contributed by atoms with Crippen molar-refractivity contribution in [2.24, 2.45) is 0 Å². The van der Waals surface area contributed by atoms with E-state index in [1.54, 1.807) is 30.6 Å². The summed E-state index contributed by atoms with van der Waals surface area (Å²) in [4.78, 5) is 16.6. The van der Waals surface area contributed by atoms with Crippen molar-refractivity contribution in [3.05, 3.63) is 58.3 Å². The molecule has 2 heterocycles. The van der Waals surface area contributed by atoms with Crippen molar-refractivity contribution >= 4 is 22.9 Å². The van der Waals surface area contributed by atoms with E-state index in [1.165, 1.54) is 0 Å². The molecule has 3 aromatic rings. The number of ether oxygens (including phenoxy) is 1. The van der Waals surface area contributed by atoms with Crippen LogP contribution in [-0.4, -0.2) is 18.0 Å². The molecule has 1 N–H and O–H groups in total. The van der Waals surface area contributed by atoms with Gasteiger partial charge in [0.05, 0.1) is 10.7 Å². The fourth-order valence-corrected chi connectivity index (χ4v) is 2.75. The van der Waals surface area contributed by atoms with Gasteiger partial charge < -0.3 is 14.5 Å². The molecule has 0 aliphatic carbocycles. The standard InChI is InChI=1S/C17H16N2O3S/c1-11-18-15(10-23-11)12-3-5-13(6-4-12)19-17(20)16-8-7-14(22-16)9-21-2/h3-8,10H,9H2,1-2H3,(H,19,20). The van der Waals surface area contributed by atoms with Crippen LogP contribution in [0.5, 0.6) is 0 Å². The number of anilines is 1. The summed E-state index contributed by atoms with van der Waals surface area (Å²) < 4.78 is 10.4. The van der Waals surface area contributed by atoms with Crippen molar-refractivity contribution in [2.75, 3.05) is 12.4 Å². The quantitative estimate of drug-likeness (QED) is 0.765. The first-order valence-electron chi connectivity index (χ1n) is 7.07. The summed E-state index contributed by atoms with van der Waals surface area (Å²) in [5, 5.41) is 5.85. The van der Waals surface area contributed by atoms with E-state index in [0.717, 1.165) is 16.3 Å². The number of carbonyl (C=O) groups is 1. The van der Waals surface area contributed by atoms with Crippen molar-refractivity contribution in [3.63, 3.8) is 0 Å². The maximum atomic E-state index is 12.1. The molecule has 2 aromatic heterocycles. The highest BCUT2D eigenvalue weighted by Crippen LogP contribution is 2.23. The third-order valence-electron chi connectivity index (χ3n) is 3.23. The van der Waals surface area contributed by atoms with Crippen LogP contribution < -0.4 is 5.32 Å². The molecule has 0 atom stereocenters. The monoisotopic (exact) mass is 328 g/mol. The SMILES string of the molecule is COCc1ccc(C(=O)Nc2ccc(-c3csc(C)n3)cc2)o1. The lowest BCUT2D eigenvalue weighted by atomic mass is 10.1. The maximum Gasteiger partial charge on any atom is 0.291 e. The second-order valence-corrected chi connectivity index (χ2v) is 6.04. The molecule has 23 heavy (non-hydrogen) atoms. The van der Waals surface area contributed by atoms with Crippen molar-refractivity contribution in [2.45, 2.75) is 13.5 Å². The molecule has 0 spiro atoms. The molecule has 0 aliphatic heterocycles. The van der Waals surface area contributed by atoms with Crippen LogP contribution in [-0.2, 0) is 11.3 Å². The van der Waals surface area contributed by atoms with E-state index in [-0.39, 0.29) is 11.7 Å². The lowest BCUT2D eigenvalue weighted by molar-refractivity contribution is 0.0987. The van der Waals surface area contributed by atoms with Gasteiger partial charge in [-0.25, -0.2) is 4.98 Å². The summed E-state index contributed by atoms with van der Waals surface area (Å²) in [6, 6.07) is 10.9. The number of nitrogens with one attached hydrogen (secondary N) is 1. The minimum absolute atomic E-state index is 0.260. The fourth-order valence-electron chi connectivity index (χ4n) is 2.13. The Morgan fingerprint density at radius 3 is 2.70 bits per heavy atom. The molecule has 1 aromatic carbocycles. The van der Waals surface area contributed by atoms with Gasteiger partial charge in [0.25, 0.3) is 5.91 Å². The molecule has 0 aliphatic rings. The first-order chi connectivity index (χ1) is 11.2. The molecule has 0 saturated heterocycles. The summed E-state index contributed by atoms with van der Waals surface area (Å²) in [5.74, 6) is 0.591. The first-order valence-corrected chi connectivity index (χ1v) is 7.95. The van der Waals surface area contributed by atoms with Gasteiger partial charge in [-0.3, -0.25) is 4.79 Å². The van der Waals surface area contributed by atoms with Gasteiger partial charge in [-0.05, 0) is 31.2 Å². The predicted octanol–water partition coefficient (Wildman–Crippen LogP) is 4.11. The summed E-state index contributed by atoms with van der Waals surface area (Å²) >= 11 is 1.61. The zero-order valence-electron chi connectivity index (χ0n) is 12.8. The number of hydrogen-bond donors (Lipinski definition) is 1. The number of aromatic nitrogens is 1. The van der Waals surface area contributed by atoms with Gasteiger partial charge in [0.2, 0.25) is 0 Å². The highest BCUT2D eigenvalue weighted by atomic mass is 32.1. The Hall–Kier alpha value is -2.44. The van der Waals surface area contributed by atoms with Crippen LogP contribution in [0.1, 0.15) is 21.3 Å². The van der Waals surface area contributed by atoms with E-state index in [4.69, 9.17) is 9.15 Å². The highest BCUT2D eigenvalue weighted by molar-refractivity contribution is 7.09. The number of thiazole rings is 1. The summed E-state index contributed by atoms with van der Waals surface area (Å²) in [7, 11) is 1.58. The van der Waals surface area contributed by atoms with Crippen molar-refractivity contribution in [1.29, 1.82) is 0 Å². The van der Waals surface area contributed by atoms with Gasteiger partial charge in [0.15, 0.2) is 5.76 Å². The number of benzene rings is 1. The van der Waals surface area contributed by atoms with Crippen LogP contribution >= 0.6 is 11.3 Å². The third kappa shape index (κ3) is 3.67. The predicted molar refractivity (Wildman–Crippen MR) is 89.7 cm³/mol. The average molecular weight is 328 g/mol. The van der Waals surface area contributed by atoms with Gasteiger partial charge >= 0.3 is 0 Å². The maximum absolute atomic E-state index is 12.1. The number of hydrogen-bond acceptors (Lipinski definition) is 5. The second kappa shape index (κ2) is 6.76. The molecule has 0 bridgehead atoms. The Balaban J connectivity index is 1.68. The number of methoxy groups -OCH3 is 1. The lowest BCUT2D eigenvalue weighted by Crippen LogP contribution is -2.10. The molecule has 0 unspecified atom stereocenters. The fraction of sp³-hybridized carbons (Fsp3) is 0.176. The van der Waals surface area contributed by atoms with Crippen LogP contribution in [0.25, 0.3) is 11.3 Å². The largest absolute Gasteiger partial charge is 0.453 e. The van der Waals surface area contributed by atoms with Crippen molar-refractivity contribution in [1.82, 2.24) is 4.98 Å². The van der Waals surface area contributed by atoms with Gasteiger partial charge in [-0.2, -0.15) is 0 Å². The zero-order chi connectivity index (χ0) is 16.2. The van der Waals surface area contributed by atoms with Gasteiger partial charge in [-0.15, -0.1) is 11.3 Å². The Morgan fingerprint density at radius 1 is 1.26 bits per heavy atom. The summed E-state index contributed by atoms with van der Waals surface area (Å²) in [6.07, 6.45) is 0. The molecule has 0 saturated carbocycles. The van der Waals surface area contributed by atoms with Crippen LogP contribution in [0.3, 0.4) is 0 Å². The second-order valence-electron chi connectivity index (χ2n) is 4.98. The Kier molecular flexibility index (Phi) is 4.55. The topological polar surface area (TPSA) is 64.4 Å². The van der Waals surface area contributed by atoms with E-state index in [1.807, 2.05) is 36.6 Å². The van der Waals surface area contributed by atoms with E-state index in [2.05, 4.69) is 10.3 Å². The molecule has 3 rings (SSSR count). The molecular formula is C17H16N2O3S. The van der Waals surface area contributed by atoms with Crippen molar-refractivity contribution < 1.29 is 13.9 Å². The van der Waals surface area contributed by atoms with Gasteiger partial charge in [0.1, 0.15) is 12.4 Å². The van der Waals surface area contributed by atoms with Crippen LogP contribution in [0, 0.1) is 6.92 Å². The third-order valence-corrected chi connectivity index (χ3v) is 4.00. The number of nitrogens with zero attached hydrogens (tertiary/aromatic N) is 1. The first kappa shape index (κ1) is 15.5. The van der Waals surface area contributed by atoms with E-state index in [9.17, 15) is 4.79 Å². The smallest absolute Gasteiger partial charge is 0.291 e. The molecule has 0 radical (unpaired) electrons. The van der Waals surface area contributed by atoms with E-state index < -0.39 is 0 Å². The molecule has 6 heteroatoms. The minimum Gasteiger partial charge on any atom is -0.453 e. The number of carbonyl (C=O) groups excluding carboxylic acids is 1. The van der Waals surface area contributed by atoms with Crippen molar-refractivity contribution in [3.8, 4) is 11.3 Å². The van der Waals surface area contributed by atoms with Gasteiger partial charge in [-0.1, -0.05) is 12.1 Å². The number of amides is 1. The molecular weight excluding hydrogens is 312 g/mol. The Morgan fingerprint density at radius 2 is 2.04 bits per heavy atom. The van der Waals surface area contributed by atoms with E-state index in [0.29, 0.717) is 18.1 Å². The highest BCUT2D eigenvalue weighted by Gasteiger charge is 2.11. The number of aryl methyl sites for hydroxylation is 1. The molecule has 0 fully saturated rings. The van der Waals surface area contributed by atoms with Crippen LogP contribution in [0.4, 0.5) is 5.69 Å². The normalized spacial score (nSPS) is 10.7. The molecule has 5 nitrogen and oxygen atoms in total. The Bertz CT molecular complexity index is 805.